The Morgan fingerprint density at radius 1 is 0.605 bits per heavy atom. The Balaban J connectivity index is 3.98. The quantitative estimate of drug-likeness (QED) is 0.0336. The summed E-state index contributed by atoms with van der Waals surface area (Å²) in [5.74, 6) is -0.898. The van der Waals surface area contributed by atoms with Gasteiger partial charge in [0.2, 0.25) is 0 Å². The second-order valence-corrected chi connectivity index (χ2v) is 12.7. The highest BCUT2D eigenvalue weighted by Crippen LogP contribution is 2.35. The predicted molar refractivity (Wildman–Crippen MR) is 175 cm³/mol. The zero-order chi connectivity index (χ0) is 31.9. The molecule has 43 heavy (non-hydrogen) atoms. The first-order valence-electron chi connectivity index (χ1n) is 17.1. The molecule has 0 fully saturated rings. The summed E-state index contributed by atoms with van der Waals surface area (Å²) in [6, 6.07) is 0. The standard InChI is InChI=1S/C34H63O8P/c1-3-5-7-9-11-13-14-15-16-17-18-19-20-21-23-25-27-29-34(36)42-32(31-41-43(37,38)39)30-40-33(35)28-26-24-22-12-10-8-6-4-2/h11,13,15-16,32H,3-10,12,14,17-31H2,1-2H3,(H2,37,38,39)/b13-11+,16-15+/t32-/m1/s1. The van der Waals surface area contributed by atoms with E-state index in [0.29, 0.717) is 6.42 Å². The van der Waals surface area contributed by atoms with Gasteiger partial charge in [0.1, 0.15) is 6.61 Å². The van der Waals surface area contributed by atoms with Crippen LogP contribution in [0.1, 0.15) is 162 Å². The van der Waals surface area contributed by atoms with Gasteiger partial charge >= 0.3 is 19.8 Å². The highest BCUT2D eigenvalue weighted by Gasteiger charge is 2.22. The van der Waals surface area contributed by atoms with E-state index in [2.05, 4.69) is 42.7 Å². The Labute approximate surface area is 262 Å². The number of esters is 2. The van der Waals surface area contributed by atoms with Gasteiger partial charge in [0.25, 0.3) is 0 Å². The lowest BCUT2D eigenvalue weighted by Crippen LogP contribution is -2.29. The lowest BCUT2D eigenvalue weighted by molar-refractivity contribution is -0.161. The Bertz CT molecular complexity index is 761. The van der Waals surface area contributed by atoms with Crippen LogP contribution in [0.5, 0.6) is 0 Å². The van der Waals surface area contributed by atoms with E-state index in [9.17, 15) is 14.2 Å². The van der Waals surface area contributed by atoms with Crippen LogP contribution in [-0.4, -0.2) is 41.0 Å². The summed E-state index contributed by atoms with van der Waals surface area (Å²) in [6.45, 7) is 3.60. The number of carbonyl (C=O) groups is 2. The highest BCUT2D eigenvalue weighted by atomic mass is 31.2. The van der Waals surface area contributed by atoms with E-state index in [0.717, 1.165) is 51.4 Å². The topological polar surface area (TPSA) is 119 Å². The van der Waals surface area contributed by atoms with Gasteiger partial charge in [-0.2, -0.15) is 0 Å². The molecule has 0 rings (SSSR count). The number of rotatable bonds is 31. The van der Waals surface area contributed by atoms with Crippen LogP contribution in [0, 0.1) is 0 Å². The summed E-state index contributed by atoms with van der Waals surface area (Å²) in [6.07, 6.45) is 31.9. The van der Waals surface area contributed by atoms with Gasteiger partial charge < -0.3 is 19.3 Å². The van der Waals surface area contributed by atoms with Crippen LogP contribution in [0.15, 0.2) is 24.3 Å². The van der Waals surface area contributed by atoms with Crippen molar-refractivity contribution in [3.63, 3.8) is 0 Å². The summed E-state index contributed by atoms with van der Waals surface area (Å²) in [5.41, 5.74) is 0. The Hall–Kier alpha value is -1.47. The van der Waals surface area contributed by atoms with Gasteiger partial charge in [0.05, 0.1) is 6.61 Å². The number of ether oxygens (including phenoxy) is 2. The number of hydrogen-bond acceptors (Lipinski definition) is 6. The van der Waals surface area contributed by atoms with E-state index < -0.39 is 32.5 Å². The monoisotopic (exact) mass is 630 g/mol. The number of allylic oxidation sites excluding steroid dienone is 4. The first-order chi connectivity index (χ1) is 20.8. The molecule has 0 spiro atoms. The minimum absolute atomic E-state index is 0.205. The maximum Gasteiger partial charge on any atom is 0.469 e. The van der Waals surface area contributed by atoms with Crippen LogP contribution in [0.4, 0.5) is 0 Å². The molecular formula is C34H63O8P. The van der Waals surface area contributed by atoms with Crippen molar-refractivity contribution in [2.45, 2.75) is 168 Å². The van der Waals surface area contributed by atoms with Crippen molar-refractivity contribution in [3.8, 4) is 0 Å². The molecule has 0 bridgehead atoms. The van der Waals surface area contributed by atoms with Crippen molar-refractivity contribution in [1.82, 2.24) is 0 Å². The molecule has 0 amide bonds. The maximum atomic E-state index is 12.3. The number of phosphoric ester groups is 1. The van der Waals surface area contributed by atoms with Gasteiger partial charge in [-0.1, -0.05) is 128 Å². The van der Waals surface area contributed by atoms with E-state index in [1.807, 2.05) is 0 Å². The van der Waals surface area contributed by atoms with E-state index >= 15 is 0 Å². The summed E-state index contributed by atoms with van der Waals surface area (Å²) in [7, 11) is -4.74. The smallest absolute Gasteiger partial charge is 0.462 e. The van der Waals surface area contributed by atoms with E-state index in [4.69, 9.17) is 19.3 Å². The van der Waals surface area contributed by atoms with Crippen molar-refractivity contribution < 1.29 is 37.9 Å². The molecule has 0 saturated carbocycles. The zero-order valence-electron chi connectivity index (χ0n) is 27.4. The molecule has 2 N–H and O–H groups in total. The lowest BCUT2D eigenvalue weighted by Gasteiger charge is -2.18. The molecule has 9 heteroatoms. The summed E-state index contributed by atoms with van der Waals surface area (Å²) in [4.78, 5) is 42.4. The molecule has 0 saturated heterocycles. The lowest BCUT2D eigenvalue weighted by atomic mass is 10.1. The fraction of sp³-hybridized carbons (Fsp3) is 0.824. The third-order valence-electron chi connectivity index (χ3n) is 7.22. The summed E-state index contributed by atoms with van der Waals surface area (Å²) >= 11 is 0. The van der Waals surface area contributed by atoms with Gasteiger partial charge in [0, 0.05) is 12.8 Å². The van der Waals surface area contributed by atoms with Crippen molar-refractivity contribution in [3.05, 3.63) is 24.3 Å². The fourth-order valence-electron chi connectivity index (χ4n) is 4.64. The van der Waals surface area contributed by atoms with Gasteiger partial charge in [-0.15, -0.1) is 0 Å². The second-order valence-electron chi connectivity index (χ2n) is 11.5. The SMILES string of the molecule is CCCCC/C=C/C/C=C/CCCCCCCCCC(=O)O[C@H](COC(=O)CCCCCCCCCC)COP(=O)(O)O. The van der Waals surface area contributed by atoms with Crippen molar-refractivity contribution in [1.29, 1.82) is 0 Å². The van der Waals surface area contributed by atoms with Crippen molar-refractivity contribution >= 4 is 19.8 Å². The number of carbonyl (C=O) groups excluding carboxylic acids is 2. The number of phosphoric acid groups is 1. The molecule has 0 unspecified atom stereocenters. The van der Waals surface area contributed by atoms with Crippen molar-refractivity contribution in [2.75, 3.05) is 13.2 Å². The van der Waals surface area contributed by atoms with E-state index in [1.165, 1.54) is 77.0 Å². The molecule has 0 aliphatic heterocycles. The molecule has 0 aromatic carbocycles. The molecule has 0 heterocycles. The van der Waals surface area contributed by atoms with Crippen LogP contribution in [0.25, 0.3) is 0 Å². The molecule has 0 aromatic rings. The molecule has 0 aliphatic carbocycles. The largest absolute Gasteiger partial charge is 0.469 e. The van der Waals surface area contributed by atoms with E-state index in [1.54, 1.807) is 0 Å². The molecule has 1 atom stereocenters. The van der Waals surface area contributed by atoms with Gasteiger partial charge in [-0.3, -0.25) is 14.1 Å². The van der Waals surface area contributed by atoms with Crippen LogP contribution in [0.3, 0.4) is 0 Å². The fourth-order valence-corrected chi connectivity index (χ4v) is 5.00. The average molecular weight is 631 g/mol. The van der Waals surface area contributed by atoms with Gasteiger partial charge in [-0.05, 0) is 44.9 Å². The normalized spacial score (nSPS) is 12.7. The van der Waals surface area contributed by atoms with Gasteiger partial charge in [-0.25, -0.2) is 4.57 Å². The highest BCUT2D eigenvalue weighted by molar-refractivity contribution is 7.46. The Morgan fingerprint density at radius 3 is 1.58 bits per heavy atom. The molecule has 0 aliphatic rings. The molecular weight excluding hydrogens is 567 g/mol. The van der Waals surface area contributed by atoms with Crippen LogP contribution in [0.2, 0.25) is 0 Å². The average Bonchev–Trinajstić information content (AvgIpc) is 2.97. The number of unbranched alkanes of at least 4 members (excludes halogenated alkanes) is 17. The first-order valence-corrected chi connectivity index (χ1v) is 18.7. The third-order valence-corrected chi connectivity index (χ3v) is 7.71. The predicted octanol–water partition coefficient (Wildman–Crippen LogP) is 9.68. The second kappa shape index (κ2) is 30.6. The van der Waals surface area contributed by atoms with Gasteiger partial charge in [0.15, 0.2) is 6.10 Å². The van der Waals surface area contributed by atoms with Crippen LogP contribution >= 0.6 is 7.82 Å². The molecule has 0 radical (unpaired) electrons. The zero-order valence-corrected chi connectivity index (χ0v) is 28.2. The maximum absolute atomic E-state index is 12.3. The van der Waals surface area contributed by atoms with E-state index in [-0.39, 0.29) is 19.4 Å². The minimum Gasteiger partial charge on any atom is -0.462 e. The number of hydrogen-bond donors (Lipinski definition) is 2. The summed E-state index contributed by atoms with van der Waals surface area (Å²) in [5, 5.41) is 0. The van der Waals surface area contributed by atoms with Crippen molar-refractivity contribution in [2.24, 2.45) is 0 Å². The third kappa shape index (κ3) is 33.3. The van der Waals surface area contributed by atoms with Crippen LogP contribution in [-0.2, 0) is 28.2 Å². The Kier molecular flexibility index (Phi) is 29.5. The molecule has 8 nitrogen and oxygen atoms in total. The van der Waals surface area contributed by atoms with Crippen LogP contribution < -0.4 is 0 Å². The summed E-state index contributed by atoms with van der Waals surface area (Å²) < 4.78 is 26.1. The molecule has 0 aromatic heterocycles. The Morgan fingerprint density at radius 2 is 1.05 bits per heavy atom. The first kappa shape index (κ1) is 41.5. The molecule has 252 valence electrons. The minimum atomic E-state index is -4.74.